The summed E-state index contributed by atoms with van der Waals surface area (Å²) in [5.41, 5.74) is 17.8. The van der Waals surface area contributed by atoms with Crippen molar-refractivity contribution < 1.29 is 68.4 Å². The Morgan fingerprint density at radius 1 is 0.442 bits per heavy atom. The van der Waals surface area contributed by atoms with Gasteiger partial charge in [0.25, 0.3) is 0 Å². The van der Waals surface area contributed by atoms with Crippen LogP contribution in [0.25, 0.3) is 0 Å². The summed E-state index contributed by atoms with van der Waals surface area (Å²) in [6, 6.07) is -3.91. The predicted molar refractivity (Wildman–Crippen MR) is 286 cm³/mol. The number of carbonyl (C=O) groups excluding carboxylic acids is 8. The van der Waals surface area contributed by atoms with E-state index in [4.69, 9.17) is 17.2 Å². The molecule has 1 rings (SSSR count). The fourth-order valence-electron chi connectivity index (χ4n) is 7.99. The topological polar surface area (TPSA) is 426 Å². The molecule has 0 aliphatic rings. The van der Waals surface area contributed by atoms with Crippen molar-refractivity contribution in [1.29, 1.82) is 0 Å². The molecule has 1 aromatic rings. The molecule has 77 heavy (non-hydrogen) atoms. The Morgan fingerprint density at radius 2 is 0.805 bits per heavy atom. The Labute approximate surface area is 451 Å². The summed E-state index contributed by atoms with van der Waals surface area (Å²) >= 11 is 0. The van der Waals surface area contributed by atoms with Gasteiger partial charge in [-0.05, 0) is 114 Å². The average Bonchev–Trinajstić information content (AvgIpc) is 3.34. The minimum atomic E-state index is -1.72. The van der Waals surface area contributed by atoms with Crippen molar-refractivity contribution in [3.05, 3.63) is 35.9 Å². The molecule has 0 saturated carbocycles. The summed E-state index contributed by atoms with van der Waals surface area (Å²) in [5.74, 6) is -10.3. The summed E-state index contributed by atoms with van der Waals surface area (Å²) in [6.45, 7) is 13.7. The van der Waals surface area contributed by atoms with Gasteiger partial charge >= 0.3 is 11.9 Å². The van der Waals surface area contributed by atoms with Crippen molar-refractivity contribution in [3.8, 4) is 0 Å². The van der Waals surface area contributed by atoms with Crippen LogP contribution in [0, 0.1) is 17.8 Å². The van der Waals surface area contributed by atoms with Crippen LogP contribution in [0.1, 0.15) is 132 Å². The molecule has 436 valence electrons. The molecule has 0 fully saturated rings. The van der Waals surface area contributed by atoms with E-state index in [2.05, 4.69) is 42.5 Å². The number of nitrogens with two attached hydrogens (primary N) is 3. The van der Waals surface area contributed by atoms with Crippen molar-refractivity contribution >= 4 is 59.2 Å². The van der Waals surface area contributed by atoms with Gasteiger partial charge in [0.1, 0.15) is 54.4 Å². The van der Waals surface area contributed by atoms with E-state index in [-0.39, 0.29) is 69.4 Å². The molecule has 0 saturated heterocycles. The van der Waals surface area contributed by atoms with Gasteiger partial charge in [-0.25, -0.2) is 4.79 Å². The number of amides is 8. The van der Waals surface area contributed by atoms with Crippen LogP contribution in [0.5, 0.6) is 0 Å². The second kappa shape index (κ2) is 35.9. The highest BCUT2D eigenvalue weighted by atomic mass is 16.4. The maximum Gasteiger partial charge on any atom is 0.326 e. The Balaban J connectivity index is 3.53. The van der Waals surface area contributed by atoms with Crippen molar-refractivity contribution in [3.63, 3.8) is 0 Å². The third-order valence-corrected chi connectivity index (χ3v) is 12.2. The monoisotopic (exact) mass is 1090 g/mol. The van der Waals surface area contributed by atoms with Crippen LogP contribution < -0.4 is 59.7 Å². The lowest BCUT2D eigenvalue weighted by Crippen LogP contribution is -2.62. The molecule has 11 atom stereocenters. The van der Waals surface area contributed by atoms with Gasteiger partial charge in [-0.3, -0.25) is 43.2 Å². The zero-order chi connectivity index (χ0) is 58.5. The van der Waals surface area contributed by atoms with E-state index in [0.29, 0.717) is 31.2 Å². The first kappa shape index (κ1) is 68.7. The number of hydrogen-bond donors (Lipinski definition) is 15. The number of carboxylic acid groups (broad SMARTS) is 2. The lowest BCUT2D eigenvalue weighted by atomic mass is 9.99. The van der Waals surface area contributed by atoms with Gasteiger partial charge in [0.2, 0.25) is 47.3 Å². The van der Waals surface area contributed by atoms with E-state index in [1.54, 1.807) is 58.0 Å². The van der Waals surface area contributed by atoms with Gasteiger partial charge in [0.15, 0.2) is 0 Å². The predicted octanol–water partition coefficient (Wildman–Crippen LogP) is -1.46. The fraction of sp³-hybridized carbons (Fsp3) is 0.692. The molecule has 8 amide bonds. The molecular formula is C52H89N11O14. The molecule has 0 aliphatic carbocycles. The summed E-state index contributed by atoms with van der Waals surface area (Å²) in [7, 11) is 0. The largest absolute Gasteiger partial charge is 0.481 e. The van der Waals surface area contributed by atoms with Gasteiger partial charge in [-0.2, -0.15) is 0 Å². The molecule has 1 aromatic carbocycles. The maximum atomic E-state index is 14.3. The number of benzene rings is 1. The van der Waals surface area contributed by atoms with Crippen molar-refractivity contribution in [2.24, 2.45) is 35.0 Å². The Bertz CT molecular complexity index is 2060. The maximum absolute atomic E-state index is 14.3. The number of carboxylic acids is 2. The third-order valence-electron chi connectivity index (χ3n) is 12.2. The van der Waals surface area contributed by atoms with Crippen LogP contribution in [0.2, 0.25) is 0 Å². The number of carbonyl (C=O) groups is 10. The summed E-state index contributed by atoms with van der Waals surface area (Å²) in [6.07, 6.45) is -2.18. The van der Waals surface area contributed by atoms with E-state index in [9.17, 15) is 68.4 Å². The molecule has 25 nitrogen and oxygen atoms in total. The first-order valence-electron chi connectivity index (χ1n) is 26.5. The smallest absolute Gasteiger partial charge is 0.326 e. The third kappa shape index (κ3) is 27.1. The van der Waals surface area contributed by atoms with Crippen molar-refractivity contribution in [1.82, 2.24) is 42.5 Å². The normalized spacial score (nSPS) is 15.7. The standard InChI is InChI=1S/C52H89N11O14/c1-28(2)24-37(46(70)57-35(20-21-41(66)67)44(68)58-36(52(76)77)19-13-15-23-54)59-48(72)39(26-30(5)6)62-51(75)43(32(8)65)63-45(69)34(18-12-14-22-53)56-49(73)40(27-33-16-10-9-11-17-33)60-47(71)38(25-29(3)4)61-50(74)42(55)31(7)64/h9-11,16-17,28-32,34-40,42-43,64-65H,12-15,18-27,53-55H2,1-8H3,(H,56,73)(H,57,70)(H,58,68)(H,59,72)(H,60,71)(H,61,74)(H,62,75)(H,63,69)(H,66,67)(H,76,77)/t31-,32-,34-,35+,36+,37-,38-,39+,40+,42-,43-/m1/s1. The summed E-state index contributed by atoms with van der Waals surface area (Å²) in [4.78, 5) is 134. The van der Waals surface area contributed by atoms with Crippen LogP contribution in [0.15, 0.2) is 30.3 Å². The molecule has 0 spiro atoms. The lowest BCUT2D eigenvalue weighted by molar-refractivity contribution is -0.143. The number of unbranched alkanes of at least 4 members (excludes halogenated alkanes) is 2. The van der Waals surface area contributed by atoms with Gasteiger partial charge in [0, 0.05) is 12.8 Å². The van der Waals surface area contributed by atoms with E-state index in [1.165, 1.54) is 13.8 Å². The average molecular weight is 1090 g/mol. The fourth-order valence-corrected chi connectivity index (χ4v) is 7.99. The van der Waals surface area contributed by atoms with Crippen molar-refractivity contribution in [2.75, 3.05) is 13.1 Å². The van der Waals surface area contributed by atoms with Gasteiger partial charge in [-0.15, -0.1) is 0 Å². The Morgan fingerprint density at radius 3 is 1.22 bits per heavy atom. The minimum absolute atomic E-state index is 0.00268. The summed E-state index contributed by atoms with van der Waals surface area (Å²) < 4.78 is 0. The van der Waals surface area contributed by atoms with Crippen LogP contribution in [-0.4, -0.2) is 159 Å². The molecule has 0 radical (unpaired) electrons. The molecule has 0 aliphatic heterocycles. The van der Waals surface area contributed by atoms with E-state index in [1.807, 2.05) is 13.8 Å². The van der Waals surface area contributed by atoms with Crippen molar-refractivity contribution in [2.45, 2.75) is 199 Å². The molecule has 25 heteroatoms. The van der Waals surface area contributed by atoms with E-state index < -0.39 is 139 Å². The Kier molecular flexibility index (Phi) is 32.1. The highest BCUT2D eigenvalue weighted by Crippen LogP contribution is 2.14. The molecule has 0 heterocycles. The van der Waals surface area contributed by atoms with E-state index >= 15 is 0 Å². The molecule has 0 unspecified atom stereocenters. The van der Waals surface area contributed by atoms with Crippen LogP contribution in [-0.2, 0) is 54.4 Å². The first-order chi connectivity index (χ1) is 36.1. The highest BCUT2D eigenvalue weighted by Gasteiger charge is 2.37. The minimum Gasteiger partial charge on any atom is -0.481 e. The first-order valence-corrected chi connectivity index (χ1v) is 26.5. The summed E-state index contributed by atoms with van der Waals surface area (Å²) in [5, 5.41) is 60.5. The number of aliphatic hydroxyl groups is 2. The van der Waals surface area contributed by atoms with Gasteiger partial charge < -0.3 is 80.2 Å². The quantitative estimate of drug-likeness (QED) is 0.0337. The van der Waals surface area contributed by atoms with Crippen LogP contribution >= 0.6 is 0 Å². The zero-order valence-electron chi connectivity index (χ0n) is 46.0. The molecule has 0 aromatic heterocycles. The number of aliphatic hydroxyl groups excluding tert-OH is 2. The lowest BCUT2D eigenvalue weighted by Gasteiger charge is -2.29. The Hall–Kier alpha value is -6.28. The molecule has 18 N–H and O–H groups in total. The number of aliphatic carboxylic acids is 2. The number of nitrogens with one attached hydrogen (secondary N) is 8. The molecule has 0 bridgehead atoms. The van der Waals surface area contributed by atoms with E-state index in [0.717, 1.165) is 0 Å². The number of rotatable bonds is 38. The second-order valence-corrected chi connectivity index (χ2v) is 20.8. The SMILES string of the molecule is CC(C)C[C@H](NC(=O)[C@H](NC(=O)[C@@H](CCCCN)NC(=O)[C@H](Cc1ccccc1)NC(=O)[C@@H](CC(C)C)NC(=O)[C@H](N)[C@@H](C)O)[C@@H](C)O)C(=O)N[C@H](CC(C)C)C(=O)N[C@@H](CCC(=O)O)C(=O)N[C@@H](CCCCN)C(=O)O. The van der Waals surface area contributed by atoms with Gasteiger partial charge in [0.05, 0.1) is 12.2 Å². The van der Waals surface area contributed by atoms with Crippen LogP contribution in [0.3, 0.4) is 0 Å². The molecular weight excluding hydrogens is 1000 g/mol. The van der Waals surface area contributed by atoms with Crippen LogP contribution in [0.4, 0.5) is 0 Å². The zero-order valence-corrected chi connectivity index (χ0v) is 46.0. The number of hydrogen-bond acceptors (Lipinski definition) is 15. The van der Waals surface area contributed by atoms with Gasteiger partial charge in [-0.1, -0.05) is 71.9 Å². The second-order valence-electron chi connectivity index (χ2n) is 20.8. The highest BCUT2D eigenvalue weighted by molar-refractivity contribution is 5.98.